The molecule has 0 N–H and O–H groups in total. The average Bonchev–Trinajstić information content (AvgIpc) is 3.44. The van der Waals surface area contributed by atoms with Crippen LogP contribution in [-0.2, 0) is 0 Å². The molecule has 2 nitrogen and oxygen atoms in total. The van der Waals surface area contributed by atoms with Gasteiger partial charge in [-0.3, -0.25) is 0 Å². The summed E-state index contributed by atoms with van der Waals surface area (Å²) in [5.74, 6) is 0. The zero-order chi connectivity index (χ0) is 45.7. The lowest BCUT2D eigenvalue weighted by Crippen LogP contribution is -2.61. The highest BCUT2D eigenvalue weighted by molar-refractivity contribution is 7.00. The van der Waals surface area contributed by atoms with E-state index in [1.165, 1.54) is 106 Å². The van der Waals surface area contributed by atoms with Crippen molar-refractivity contribution in [1.82, 2.24) is 0 Å². The second-order valence-corrected chi connectivity index (χ2v) is 18.1. The van der Waals surface area contributed by atoms with Crippen molar-refractivity contribution in [3.05, 3.63) is 273 Å². The van der Waals surface area contributed by atoms with Crippen molar-refractivity contribution in [3.8, 4) is 66.8 Å². The summed E-state index contributed by atoms with van der Waals surface area (Å²) in [7, 11) is 0. The standard InChI is InChI=1S/C66H45BN2/c1-7-20-46(21-8-1)52-34-36-62-60(44-52)67-61-45-53(47-22-9-2-10-23-47)35-37-63(61)69(59-42-56(50-28-15-5-16-29-50)39-57(43-59)51-30-17-6-18-31-51)65-33-19-32-64(66(65)67)68(62)58-40-54(48-24-11-3-12-25-48)38-55(41-58)49-26-13-4-14-27-49/h1-45H. The first kappa shape index (κ1) is 40.4. The molecule has 0 aromatic heterocycles. The van der Waals surface area contributed by atoms with Gasteiger partial charge in [-0.1, -0.05) is 212 Å². The van der Waals surface area contributed by atoms with Crippen molar-refractivity contribution >= 4 is 57.2 Å². The van der Waals surface area contributed by atoms with E-state index in [1.54, 1.807) is 0 Å². The van der Waals surface area contributed by atoms with Gasteiger partial charge in [0.2, 0.25) is 0 Å². The van der Waals surface area contributed by atoms with Gasteiger partial charge < -0.3 is 9.80 Å². The van der Waals surface area contributed by atoms with Crippen LogP contribution in [-0.4, -0.2) is 6.71 Å². The molecule has 2 heterocycles. The highest BCUT2D eigenvalue weighted by Gasteiger charge is 2.43. The quantitative estimate of drug-likeness (QED) is 0.140. The van der Waals surface area contributed by atoms with Gasteiger partial charge in [-0.25, -0.2) is 0 Å². The molecule has 2 aliphatic rings. The van der Waals surface area contributed by atoms with Gasteiger partial charge in [-0.2, -0.15) is 0 Å². The molecule has 0 unspecified atom stereocenters. The Morgan fingerprint density at radius 1 is 0.203 bits per heavy atom. The van der Waals surface area contributed by atoms with Crippen LogP contribution in [0, 0.1) is 0 Å². The van der Waals surface area contributed by atoms with E-state index < -0.39 is 0 Å². The largest absolute Gasteiger partial charge is 0.311 e. The lowest BCUT2D eigenvalue weighted by atomic mass is 9.33. The van der Waals surface area contributed by atoms with Gasteiger partial charge in [0.25, 0.3) is 6.71 Å². The fourth-order valence-electron chi connectivity index (χ4n) is 10.8. The molecule has 69 heavy (non-hydrogen) atoms. The van der Waals surface area contributed by atoms with Crippen molar-refractivity contribution < 1.29 is 0 Å². The Morgan fingerprint density at radius 3 is 0.797 bits per heavy atom. The Balaban J connectivity index is 1.11. The molecule has 322 valence electrons. The first-order valence-corrected chi connectivity index (χ1v) is 23.9. The molecule has 0 amide bonds. The number of fused-ring (bicyclic) bond motifs is 4. The van der Waals surface area contributed by atoms with Gasteiger partial charge >= 0.3 is 0 Å². The van der Waals surface area contributed by atoms with E-state index in [2.05, 4.69) is 283 Å². The number of anilines is 6. The van der Waals surface area contributed by atoms with Crippen molar-refractivity contribution in [3.63, 3.8) is 0 Å². The fourth-order valence-corrected chi connectivity index (χ4v) is 10.8. The smallest absolute Gasteiger partial charge is 0.252 e. The maximum absolute atomic E-state index is 2.54. The van der Waals surface area contributed by atoms with E-state index >= 15 is 0 Å². The van der Waals surface area contributed by atoms with E-state index in [0.717, 1.165) is 11.4 Å². The second kappa shape index (κ2) is 17.1. The third-order valence-electron chi connectivity index (χ3n) is 14.0. The van der Waals surface area contributed by atoms with Crippen LogP contribution in [0.2, 0.25) is 0 Å². The summed E-state index contributed by atoms with van der Waals surface area (Å²) in [5, 5.41) is 0. The molecular formula is C66H45BN2. The van der Waals surface area contributed by atoms with Gasteiger partial charge in [0.1, 0.15) is 0 Å². The van der Waals surface area contributed by atoms with Gasteiger partial charge in [0.15, 0.2) is 0 Å². The predicted molar refractivity (Wildman–Crippen MR) is 293 cm³/mol. The Morgan fingerprint density at radius 2 is 0.493 bits per heavy atom. The van der Waals surface area contributed by atoms with Gasteiger partial charge in [0, 0.05) is 34.1 Å². The molecule has 0 fully saturated rings. The van der Waals surface area contributed by atoms with Gasteiger partial charge in [0.05, 0.1) is 0 Å². The number of rotatable bonds is 8. The zero-order valence-corrected chi connectivity index (χ0v) is 38.0. The summed E-state index contributed by atoms with van der Waals surface area (Å²) in [4.78, 5) is 5.08. The van der Waals surface area contributed by atoms with Crippen molar-refractivity contribution in [2.75, 3.05) is 9.80 Å². The summed E-state index contributed by atoms with van der Waals surface area (Å²) in [5.41, 5.74) is 25.0. The average molecular weight is 877 g/mol. The minimum atomic E-state index is -0.0715. The first-order chi connectivity index (χ1) is 34.2. The van der Waals surface area contributed by atoms with Crippen LogP contribution < -0.4 is 26.2 Å². The Labute approximate surface area is 404 Å². The van der Waals surface area contributed by atoms with E-state index in [-0.39, 0.29) is 6.71 Å². The van der Waals surface area contributed by atoms with Crippen LogP contribution in [0.5, 0.6) is 0 Å². The maximum atomic E-state index is 2.54. The molecule has 3 heteroatoms. The molecule has 0 atom stereocenters. The number of hydrogen-bond donors (Lipinski definition) is 0. The Bertz CT molecular complexity index is 3300. The summed E-state index contributed by atoms with van der Waals surface area (Å²) < 4.78 is 0. The Kier molecular flexibility index (Phi) is 9.98. The lowest BCUT2D eigenvalue weighted by molar-refractivity contribution is 1.25. The Hall–Kier alpha value is -8.92. The second-order valence-electron chi connectivity index (χ2n) is 18.1. The molecule has 13 rings (SSSR count). The predicted octanol–water partition coefficient (Wildman–Crippen LogP) is 15.8. The normalized spacial score (nSPS) is 12.3. The van der Waals surface area contributed by atoms with Crippen molar-refractivity contribution in [2.45, 2.75) is 0 Å². The molecule has 0 radical (unpaired) electrons. The van der Waals surface area contributed by atoms with Crippen molar-refractivity contribution in [1.29, 1.82) is 0 Å². The molecule has 0 bridgehead atoms. The molecular weight excluding hydrogens is 832 g/mol. The van der Waals surface area contributed by atoms with Crippen LogP contribution in [0.1, 0.15) is 0 Å². The van der Waals surface area contributed by atoms with E-state index in [9.17, 15) is 0 Å². The molecule has 0 saturated carbocycles. The molecule has 0 spiro atoms. The fraction of sp³-hybridized carbons (Fsp3) is 0. The van der Waals surface area contributed by atoms with Gasteiger partial charge in [-0.15, -0.1) is 0 Å². The lowest BCUT2D eigenvalue weighted by Gasteiger charge is -2.44. The molecule has 0 saturated heterocycles. The third-order valence-corrected chi connectivity index (χ3v) is 14.0. The minimum Gasteiger partial charge on any atom is -0.311 e. The summed E-state index contributed by atoms with van der Waals surface area (Å²) in [6.07, 6.45) is 0. The van der Waals surface area contributed by atoms with E-state index in [4.69, 9.17) is 0 Å². The van der Waals surface area contributed by atoms with Crippen LogP contribution >= 0.6 is 0 Å². The van der Waals surface area contributed by atoms with Crippen LogP contribution in [0.3, 0.4) is 0 Å². The third kappa shape index (κ3) is 7.24. The summed E-state index contributed by atoms with van der Waals surface area (Å²) >= 11 is 0. The molecule has 2 aliphatic heterocycles. The highest BCUT2D eigenvalue weighted by atomic mass is 15.2. The maximum Gasteiger partial charge on any atom is 0.252 e. The summed E-state index contributed by atoms with van der Waals surface area (Å²) in [6.45, 7) is -0.0715. The van der Waals surface area contributed by atoms with E-state index in [1.807, 2.05) is 0 Å². The minimum absolute atomic E-state index is 0.0715. The van der Waals surface area contributed by atoms with Crippen molar-refractivity contribution in [2.24, 2.45) is 0 Å². The summed E-state index contributed by atoms with van der Waals surface area (Å²) in [6, 6.07) is 100. The first-order valence-electron chi connectivity index (χ1n) is 23.9. The zero-order valence-electron chi connectivity index (χ0n) is 38.0. The van der Waals surface area contributed by atoms with Crippen LogP contribution in [0.25, 0.3) is 66.8 Å². The highest BCUT2D eigenvalue weighted by Crippen LogP contribution is 2.47. The molecule has 11 aromatic carbocycles. The number of hydrogen-bond acceptors (Lipinski definition) is 2. The number of nitrogens with zero attached hydrogens (tertiary/aromatic N) is 2. The number of benzene rings is 11. The topological polar surface area (TPSA) is 6.48 Å². The van der Waals surface area contributed by atoms with Crippen LogP contribution in [0.15, 0.2) is 273 Å². The van der Waals surface area contributed by atoms with Gasteiger partial charge in [-0.05, 0) is 144 Å². The van der Waals surface area contributed by atoms with Crippen LogP contribution in [0.4, 0.5) is 34.1 Å². The monoisotopic (exact) mass is 876 g/mol. The molecule has 0 aliphatic carbocycles. The molecule has 11 aromatic rings. The SMILES string of the molecule is c1ccc(-c2cc(-c3ccccc3)cc(N3c4ccc(-c5ccccc5)cc4B4c5cc(-c6ccccc6)ccc5N(c5cc(-c6ccccc6)cc(-c6ccccc6)c5)c5cccc3c54)c2)cc1. The van der Waals surface area contributed by atoms with E-state index in [0.29, 0.717) is 0 Å².